The minimum atomic E-state index is -0.465. The Morgan fingerprint density at radius 2 is 2.00 bits per heavy atom. The van der Waals surface area contributed by atoms with Crippen molar-refractivity contribution in [1.29, 1.82) is 0 Å². The van der Waals surface area contributed by atoms with Crippen molar-refractivity contribution in [3.8, 4) is 0 Å². The quantitative estimate of drug-likeness (QED) is 0.499. The van der Waals surface area contributed by atoms with Crippen molar-refractivity contribution in [2.45, 2.75) is 25.9 Å². The van der Waals surface area contributed by atoms with E-state index < -0.39 is 6.04 Å². The number of rotatable bonds is 6. The third kappa shape index (κ3) is 4.85. The molecule has 10 heteroatoms. The molecule has 3 aromatic rings. The maximum Gasteiger partial charge on any atom is 0.250 e. The molecule has 1 aromatic carbocycles. The van der Waals surface area contributed by atoms with Crippen LogP contribution in [-0.2, 0) is 11.3 Å². The Kier molecular flexibility index (Phi) is 6.47. The first-order valence-corrected chi connectivity index (χ1v) is 9.97. The lowest BCUT2D eigenvalue weighted by atomic mass is 10.2. The fraction of sp³-hybridized carbons (Fsp3) is 0.235. The van der Waals surface area contributed by atoms with Crippen LogP contribution in [0.15, 0.2) is 41.3 Å². The molecule has 0 fully saturated rings. The van der Waals surface area contributed by atoms with Gasteiger partial charge in [0.1, 0.15) is 11.1 Å². The molecule has 2 heterocycles. The summed E-state index contributed by atoms with van der Waals surface area (Å²) < 4.78 is 4.03. The summed E-state index contributed by atoms with van der Waals surface area (Å²) in [7, 11) is 0. The maximum atomic E-state index is 12.6. The number of anilines is 1. The van der Waals surface area contributed by atoms with Crippen LogP contribution >= 0.6 is 50.7 Å². The van der Waals surface area contributed by atoms with Gasteiger partial charge in [-0.2, -0.15) is 10.2 Å². The predicted octanol–water partition coefficient (Wildman–Crippen LogP) is 5.44. The molecule has 1 atom stereocenters. The zero-order chi connectivity index (χ0) is 19.6. The minimum Gasteiger partial charge on any atom is -0.306 e. The highest BCUT2D eigenvalue weighted by atomic mass is 79.9. The van der Waals surface area contributed by atoms with Gasteiger partial charge in [-0.25, -0.2) is 0 Å². The molecule has 0 aliphatic heterocycles. The second-order valence-corrected chi connectivity index (χ2v) is 7.96. The number of carbonyl (C=O) groups is 1. The van der Waals surface area contributed by atoms with E-state index in [2.05, 4.69) is 31.4 Å². The normalized spacial score (nSPS) is 12.2. The molecule has 6 nitrogen and oxygen atoms in total. The molecule has 0 aliphatic rings. The van der Waals surface area contributed by atoms with Crippen LogP contribution in [0.2, 0.25) is 15.1 Å². The Bertz CT molecular complexity index is 971. The Morgan fingerprint density at radius 1 is 1.22 bits per heavy atom. The molecule has 3 rings (SSSR count). The Morgan fingerprint density at radius 3 is 2.63 bits per heavy atom. The lowest BCUT2D eigenvalue weighted by Gasteiger charge is -2.14. The van der Waals surface area contributed by atoms with E-state index in [0.717, 1.165) is 10.0 Å². The second-order valence-electron chi connectivity index (χ2n) is 5.82. The van der Waals surface area contributed by atoms with E-state index in [1.807, 2.05) is 13.0 Å². The first-order valence-electron chi connectivity index (χ1n) is 8.04. The summed E-state index contributed by atoms with van der Waals surface area (Å²) in [6.45, 7) is 2.35. The molecule has 0 aliphatic carbocycles. The van der Waals surface area contributed by atoms with Gasteiger partial charge in [-0.15, -0.1) is 0 Å². The van der Waals surface area contributed by atoms with Crippen molar-refractivity contribution in [3.05, 3.63) is 61.9 Å². The van der Waals surface area contributed by atoms with Gasteiger partial charge in [-0.3, -0.25) is 14.2 Å². The molecule has 0 spiro atoms. The standard InChI is InChI=1S/C17H15BrCl3N5O/c1-2-15(26-8-11(18)6-22-26)17(27)23-16-14(21)9-25(24-16)7-10-3-4-12(19)13(20)5-10/h3-6,8-9,15H,2,7H2,1H3,(H,23,24,27). The first-order chi connectivity index (χ1) is 12.9. The van der Waals surface area contributed by atoms with Gasteiger partial charge >= 0.3 is 0 Å². The lowest BCUT2D eigenvalue weighted by Crippen LogP contribution is -2.26. The second kappa shape index (κ2) is 8.65. The molecule has 0 saturated heterocycles. The van der Waals surface area contributed by atoms with Crippen molar-refractivity contribution >= 4 is 62.5 Å². The summed E-state index contributed by atoms with van der Waals surface area (Å²) in [5.41, 5.74) is 0.911. The van der Waals surface area contributed by atoms with Crippen LogP contribution in [0.25, 0.3) is 0 Å². The lowest BCUT2D eigenvalue weighted by molar-refractivity contribution is -0.119. The van der Waals surface area contributed by atoms with E-state index in [1.165, 1.54) is 0 Å². The molecular weight excluding hydrogens is 476 g/mol. The van der Waals surface area contributed by atoms with Crippen LogP contribution in [0.4, 0.5) is 5.82 Å². The van der Waals surface area contributed by atoms with Crippen molar-refractivity contribution in [2.24, 2.45) is 0 Å². The largest absolute Gasteiger partial charge is 0.306 e. The third-order valence-electron chi connectivity index (χ3n) is 3.87. The van der Waals surface area contributed by atoms with Gasteiger partial charge in [0.05, 0.1) is 27.3 Å². The molecular formula is C17H15BrCl3N5O. The average Bonchev–Trinajstić information content (AvgIpc) is 3.18. The molecule has 1 amide bonds. The van der Waals surface area contributed by atoms with Crippen molar-refractivity contribution in [2.75, 3.05) is 5.32 Å². The SMILES string of the molecule is CCC(C(=O)Nc1nn(Cc2ccc(Cl)c(Cl)c2)cc1Cl)n1cc(Br)cn1. The Labute approximate surface area is 179 Å². The molecule has 142 valence electrons. The van der Waals surface area contributed by atoms with E-state index in [-0.39, 0.29) is 5.91 Å². The van der Waals surface area contributed by atoms with Crippen LogP contribution in [0.5, 0.6) is 0 Å². The average molecular weight is 492 g/mol. The van der Waals surface area contributed by atoms with Crippen LogP contribution < -0.4 is 5.32 Å². The Balaban J connectivity index is 1.73. The van der Waals surface area contributed by atoms with Crippen LogP contribution in [-0.4, -0.2) is 25.5 Å². The highest BCUT2D eigenvalue weighted by molar-refractivity contribution is 9.10. The van der Waals surface area contributed by atoms with Gasteiger partial charge in [0.15, 0.2) is 5.82 Å². The number of benzene rings is 1. The number of halogens is 4. The van der Waals surface area contributed by atoms with Gasteiger partial charge in [0, 0.05) is 12.4 Å². The zero-order valence-electron chi connectivity index (χ0n) is 14.2. The fourth-order valence-electron chi connectivity index (χ4n) is 2.57. The Hall–Kier alpha value is -1.54. The highest BCUT2D eigenvalue weighted by Crippen LogP contribution is 2.25. The first kappa shape index (κ1) is 20.2. The van der Waals surface area contributed by atoms with Crippen molar-refractivity contribution in [1.82, 2.24) is 19.6 Å². The molecule has 0 saturated carbocycles. The van der Waals surface area contributed by atoms with Crippen molar-refractivity contribution in [3.63, 3.8) is 0 Å². The minimum absolute atomic E-state index is 0.241. The number of hydrogen-bond donors (Lipinski definition) is 1. The summed E-state index contributed by atoms with van der Waals surface area (Å²) in [5, 5.41) is 12.6. The number of hydrogen-bond acceptors (Lipinski definition) is 3. The molecule has 0 bridgehead atoms. The molecule has 1 N–H and O–H groups in total. The monoisotopic (exact) mass is 489 g/mol. The van der Waals surface area contributed by atoms with Gasteiger partial charge in [0.25, 0.3) is 0 Å². The summed E-state index contributed by atoms with van der Waals surface area (Å²) in [6, 6.07) is 4.87. The number of carbonyl (C=O) groups excluding carboxylic acids is 1. The number of nitrogens with one attached hydrogen (secondary N) is 1. The molecule has 27 heavy (non-hydrogen) atoms. The molecule has 1 unspecified atom stereocenters. The maximum absolute atomic E-state index is 12.6. The summed E-state index contributed by atoms with van der Waals surface area (Å²) in [6.07, 6.45) is 5.60. The van der Waals surface area contributed by atoms with Crippen molar-refractivity contribution < 1.29 is 4.79 Å². The van der Waals surface area contributed by atoms with E-state index in [9.17, 15) is 4.79 Å². The third-order valence-corrected chi connectivity index (χ3v) is 5.29. The van der Waals surface area contributed by atoms with Gasteiger partial charge in [-0.1, -0.05) is 47.8 Å². The summed E-state index contributed by atoms with van der Waals surface area (Å²) in [4.78, 5) is 12.6. The van der Waals surface area contributed by atoms with Crippen LogP contribution in [0, 0.1) is 0 Å². The number of amides is 1. The van der Waals surface area contributed by atoms with E-state index >= 15 is 0 Å². The van der Waals surface area contributed by atoms with E-state index in [1.54, 1.807) is 40.1 Å². The fourth-order valence-corrected chi connectivity index (χ4v) is 3.39. The van der Waals surface area contributed by atoms with E-state index in [0.29, 0.717) is 33.9 Å². The summed E-state index contributed by atoms with van der Waals surface area (Å²) >= 11 is 21.5. The topological polar surface area (TPSA) is 64.7 Å². The predicted molar refractivity (Wildman–Crippen MR) is 111 cm³/mol. The molecule has 0 radical (unpaired) electrons. The smallest absolute Gasteiger partial charge is 0.250 e. The van der Waals surface area contributed by atoms with Gasteiger partial charge < -0.3 is 5.32 Å². The van der Waals surface area contributed by atoms with Gasteiger partial charge in [-0.05, 0) is 40.0 Å². The number of aromatic nitrogens is 4. The van der Waals surface area contributed by atoms with Crippen LogP contribution in [0.1, 0.15) is 24.9 Å². The highest BCUT2D eigenvalue weighted by Gasteiger charge is 2.21. The summed E-state index contributed by atoms with van der Waals surface area (Å²) in [5.74, 6) is 0.0567. The van der Waals surface area contributed by atoms with Gasteiger partial charge in [0.2, 0.25) is 5.91 Å². The number of nitrogens with zero attached hydrogens (tertiary/aromatic N) is 4. The zero-order valence-corrected chi connectivity index (χ0v) is 18.0. The van der Waals surface area contributed by atoms with E-state index in [4.69, 9.17) is 34.8 Å². The van der Waals surface area contributed by atoms with Crippen LogP contribution in [0.3, 0.4) is 0 Å². The molecule has 2 aromatic heterocycles.